The van der Waals surface area contributed by atoms with E-state index >= 15 is 0 Å². The second kappa shape index (κ2) is 10.8. The Kier molecular flexibility index (Phi) is 7.60. The maximum Gasteiger partial charge on any atom is 0.333 e. The van der Waals surface area contributed by atoms with Crippen molar-refractivity contribution in [2.24, 2.45) is 0 Å². The van der Waals surface area contributed by atoms with E-state index in [-0.39, 0.29) is 6.54 Å². The van der Waals surface area contributed by atoms with Crippen molar-refractivity contribution < 1.29 is 28.3 Å². The Hall–Kier alpha value is -4.67. The van der Waals surface area contributed by atoms with Crippen LogP contribution >= 0.6 is 0 Å². The number of hydrogen-bond acceptors (Lipinski definition) is 9. The first-order valence-corrected chi connectivity index (χ1v) is 9.97. The van der Waals surface area contributed by atoms with Crippen molar-refractivity contribution in [1.29, 1.82) is 0 Å². The van der Waals surface area contributed by atoms with Gasteiger partial charge in [-0.2, -0.15) is 0 Å². The normalized spacial score (nSPS) is 10.9. The molecule has 3 rings (SSSR count). The monoisotopic (exact) mass is 467 g/mol. The van der Waals surface area contributed by atoms with Crippen LogP contribution in [0.25, 0.3) is 6.08 Å². The van der Waals surface area contributed by atoms with Crippen molar-refractivity contribution in [2.75, 3.05) is 19.5 Å². The number of nitrogens with zero attached hydrogens (tertiary/aromatic N) is 2. The average Bonchev–Trinajstić information content (AvgIpc) is 3.36. The van der Waals surface area contributed by atoms with Crippen LogP contribution in [0.5, 0.6) is 0 Å². The van der Waals surface area contributed by atoms with Gasteiger partial charge < -0.3 is 19.6 Å². The third-order valence-electron chi connectivity index (χ3n) is 4.72. The fourth-order valence-corrected chi connectivity index (χ4v) is 3.02. The van der Waals surface area contributed by atoms with E-state index in [2.05, 4.69) is 4.74 Å². The van der Waals surface area contributed by atoms with Crippen LogP contribution in [0.3, 0.4) is 0 Å². The number of rotatable bonds is 9. The largest absolute Gasteiger partial charge is 0.468 e. The quantitative estimate of drug-likeness (QED) is 0.274. The number of anilines is 1. The van der Waals surface area contributed by atoms with Gasteiger partial charge in [-0.15, -0.1) is 0 Å². The topological polar surface area (TPSA) is 153 Å². The van der Waals surface area contributed by atoms with E-state index in [9.17, 15) is 24.0 Å². The van der Waals surface area contributed by atoms with E-state index in [1.54, 1.807) is 42.5 Å². The predicted octanol–water partition coefficient (Wildman–Crippen LogP) is 0.846. The average molecular weight is 467 g/mol. The Morgan fingerprint density at radius 2 is 1.79 bits per heavy atom. The number of ether oxygens (including phenoxy) is 2. The van der Waals surface area contributed by atoms with E-state index in [4.69, 9.17) is 14.9 Å². The molecule has 11 heteroatoms. The number of nitrogen functional groups attached to an aromatic ring is 1. The lowest BCUT2D eigenvalue weighted by molar-refractivity contribution is -0.141. The summed E-state index contributed by atoms with van der Waals surface area (Å²) >= 11 is 0. The molecular weight excluding hydrogens is 446 g/mol. The molecule has 2 N–H and O–H groups in total. The minimum Gasteiger partial charge on any atom is -0.468 e. The predicted molar refractivity (Wildman–Crippen MR) is 120 cm³/mol. The van der Waals surface area contributed by atoms with Crippen molar-refractivity contribution in [2.45, 2.75) is 13.1 Å². The number of carbonyl (C=O) groups excluding carboxylic acids is 3. The van der Waals surface area contributed by atoms with E-state index in [0.29, 0.717) is 15.9 Å². The number of benzene rings is 1. The molecule has 0 unspecified atom stereocenters. The number of esters is 2. The maximum absolute atomic E-state index is 12.9. The molecular formula is C23H21N3O8. The molecule has 0 fully saturated rings. The van der Waals surface area contributed by atoms with Gasteiger partial charge in [0.05, 0.1) is 19.9 Å². The highest BCUT2D eigenvalue weighted by Crippen LogP contribution is 2.10. The second-order valence-corrected chi connectivity index (χ2v) is 6.96. The van der Waals surface area contributed by atoms with Crippen LogP contribution in [0.15, 0.2) is 68.8 Å². The van der Waals surface area contributed by atoms with Crippen molar-refractivity contribution in [3.8, 4) is 0 Å². The molecule has 0 aliphatic heterocycles. The summed E-state index contributed by atoms with van der Waals surface area (Å²) in [6.45, 7) is -1.61. The molecule has 3 aromatic rings. The van der Waals surface area contributed by atoms with Crippen molar-refractivity contribution in [3.05, 3.63) is 92.5 Å². The van der Waals surface area contributed by atoms with Gasteiger partial charge >= 0.3 is 17.6 Å². The Labute approximate surface area is 192 Å². The molecule has 0 aliphatic carbocycles. The molecule has 11 nitrogen and oxygen atoms in total. The minimum absolute atomic E-state index is 0.0705. The number of Topliss-reactive ketones (excluding diaryl/α,β-unsaturated/α-hetero) is 1. The zero-order chi connectivity index (χ0) is 24.7. The lowest BCUT2D eigenvalue weighted by Crippen LogP contribution is -2.46. The van der Waals surface area contributed by atoms with E-state index in [1.165, 1.54) is 12.3 Å². The van der Waals surface area contributed by atoms with Crippen LogP contribution in [0.2, 0.25) is 0 Å². The first kappa shape index (κ1) is 24.0. The summed E-state index contributed by atoms with van der Waals surface area (Å²) in [6.07, 6.45) is 3.80. The molecule has 0 amide bonds. The standard InChI is InChI=1S/C23H21N3O8/c1-32-19(29)13-26-22(30)20(17(27)14-34-18(28)10-9-16-8-5-11-33-16)21(24)25(23(26)31)12-15-6-3-2-4-7-15/h2-11H,12-14,24H2,1H3. The third kappa shape index (κ3) is 5.57. The molecule has 0 spiro atoms. The summed E-state index contributed by atoms with van der Waals surface area (Å²) in [7, 11) is 1.09. The number of ketones is 1. The van der Waals surface area contributed by atoms with Crippen molar-refractivity contribution in [1.82, 2.24) is 9.13 Å². The van der Waals surface area contributed by atoms with Crippen LogP contribution in [0.1, 0.15) is 21.7 Å². The first-order chi connectivity index (χ1) is 16.3. The summed E-state index contributed by atoms with van der Waals surface area (Å²) < 4.78 is 16.0. The fraction of sp³-hybridized carbons (Fsp3) is 0.174. The minimum atomic E-state index is -1.09. The molecule has 2 heterocycles. The van der Waals surface area contributed by atoms with E-state index < -0.39 is 53.5 Å². The van der Waals surface area contributed by atoms with Crippen molar-refractivity contribution in [3.63, 3.8) is 0 Å². The van der Waals surface area contributed by atoms with Gasteiger partial charge in [-0.3, -0.25) is 19.0 Å². The molecule has 0 atom stereocenters. The van der Waals surface area contributed by atoms with Gasteiger partial charge in [0.15, 0.2) is 6.61 Å². The van der Waals surface area contributed by atoms with Gasteiger partial charge in [-0.1, -0.05) is 30.3 Å². The summed E-state index contributed by atoms with van der Waals surface area (Å²) in [5.74, 6) is -2.69. The lowest BCUT2D eigenvalue weighted by atomic mass is 10.2. The number of carbonyl (C=O) groups is 3. The van der Waals surface area contributed by atoms with Gasteiger partial charge in [0.2, 0.25) is 5.78 Å². The highest BCUT2D eigenvalue weighted by molar-refractivity contribution is 6.02. The molecule has 1 aromatic carbocycles. The molecule has 0 aliphatic rings. The van der Waals surface area contributed by atoms with Crippen LogP contribution in [0, 0.1) is 0 Å². The fourth-order valence-electron chi connectivity index (χ4n) is 3.02. The molecule has 0 bridgehead atoms. The third-order valence-corrected chi connectivity index (χ3v) is 4.72. The van der Waals surface area contributed by atoms with Crippen molar-refractivity contribution >= 4 is 29.6 Å². The van der Waals surface area contributed by atoms with Crippen LogP contribution in [0.4, 0.5) is 5.82 Å². The second-order valence-electron chi connectivity index (χ2n) is 6.96. The van der Waals surface area contributed by atoms with Crippen LogP contribution < -0.4 is 17.0 Å². The molecule has 34 heavy (non-hydrogen) atoms. The van der Waals surface area contributed by atoms with E-state index in [1.807, 2.05) is 0 Å². The Bertz CT molecular complexity index is 1340. The zero-order valence-electron chi connectivity index (χ0n) is 18.1. The van der Waals surface area contributed by atoms with Crippen LogP contribution in [-0.4, -0.2) is 40.6 Å². The van der Waals surface area contributed by atoms with E-state index in [0.717, 1.165) is 17.8 Å². The number of methoxy groups -OCH3 is 1. The Morgan fingerprint density at radius 1 is 1.06 bits per heavy atom. The number of nitrogens with two attached hydrogens (primary N) is 1. The summed E-state index contributed by atoms with van der Waals surface area (Å²) in [5.41, 5.74) is 4.13. The lowest BCUT2D eigenvalue weighted by Gasteiger charge is -2.16. The van der Waals surface area contributed by atoms with Gasteiger partial charge in [0.25, 0.3) is 5.56 Å². The van der Waals surface area contributed by atoms with Gasteiger partial charge in [0.1, 0.15) is 23.7 Å². The maximum atomic E-state index is 12.9. The van der Waals surface area contributed by atoms with Gasteiger partial charge in [-0.25, -0.2) is 14.2 Å². The molecule has 2 aromatic heterocycles. The summed E-state index contributed by atoms with van der Waals surface area (Å²) in [5, 5.41) is 0. The summed E-state index contributed by atoms with van der Waals surface area (Å²) in [4.78, 5) is 62.3. The number of hydrogen-bond donors (Lipinski definition) is 1. The van der Waals surface area contributed by atoms with Crippen LogP contribution in [-0.2, 0) is 32.2 Å². The zero-order valence-corrected chi connectivity index (χ0v) is 18.1. The number of furan rings is 1. The molecule has 0 saturated heterocycles. The first-order valence-electron chi connectivity index (χ1n) is 9.97. The molecule has 0 radical (unpaired) electrons. The number of aromatic nitrogens is 2. The smallest absolute Gasteiger partial charge is 0.333 e. The SMILES string of the molecule is COC(=O)Cn1c(=O)c(C(=O)COC(=O)C=Cc2ccco2)c(N)n(Cc2ccccc2)c1=O. The van der Waals surface area contributed by atoms with Gasteiger partial charge in [-0.05, 0) is 23.8 Å². The highest BCUT2D eigenvalue weighted by atomic mass is 16.5. The molecule has 0 saturated carbocycles. The highest BCUT2D eigenvalue weighted by Gasteiger charge is 2.25. The Morgan fingerprint density at radius 3 is 2.44 bits per heavy atom. The molecule has 176 valence electrons. The van der Waals surface area contributed by atoms with Gasteiger partial charge in [0, 0.05) is 6.08 Å². The Balaban J connectivity index is 1.93. The summed E-state index contributed by atoms with van der Waals surface area (Å²) in [6, 6.07) is 11.9.